The van der Waals surface area contributed by atoms with Crippen molar-refractivity contribution in [3.05, 3.63) is 59.2 Å². The number of hydrogen-bond donors (Lipinski definition) is 0. The number of ether oxygens (including phenoxy) is 1. The zero-order chi connectivity index (χ0) is 13.4. The Labute approximate surface area is 115 Å². The van der Waals surface area contributed by atoms with E-state index >= 15 is 0 Å². The SMILES string of the molecule is CC(C)C(C)c1cccc2c1Cc1ccccc1O2. The van der Waals surface area contributed by atoms with Crippen LogP contribution in [0.3, 0.4) is 0 Å². The topological polar surface area (TPSA) is 9.23 Å². The molecule has 2 aromatic rings. The third-order valence-electron chi connectivity index (χ3n) is 4.22. The summed E-state index contributed by atoms with van der Waals surface area (Å²) in [6, 6.07) is 14.8. The van der Waals surface area contributed by atoms with Crippen LogP contribution in [0.4, 0.5) is 0 Å². The van der Waals surface area contributed by atoms with E-state index in [4.69, 9.17) is 4.74 Å². The molecule has 1 unspecified atom stereocenters. The van der Waals surface area contributed by atoms with Crippen LogP contribution in [0.2, 0.25) is 0 Å². The molecule has 1 aliphatic rings. The van der Waals surface area contributed by atoms with Gasteiger partial charge >= 0.3 is 0 Å². The standard InChI is InChI=1S/C18H20O/c1-12(2)13(3)15-8-6-10-18-16(15)11-14-7-4-5-9-17(14)19-18/h4-10,12-13H,11H2,1-3H3. The minimum atomic E-state index is 0.559. The van der Waals surface area contributed by atoms with E-state index in [0.717, 1.165) is 17.9 Å². The fourth-order valence-corrected chi connectivity index (χ4v) is 2.71. The average Bonchev–Trinajstić information content (AvgIpc) is 2.43. The predicted octanol–water partition coefficient (Wildman–Crippen LogP) is 5.14. The minimum absolute atomic E-state index is 0.559. The van der Waals surface area contributed by atoms with Gasteiger partial charge < -0.3 is 4.74 Å². The van der Waals surface area contributed by atoms with Crippen LogP contribution in [0.25, 0.3) is 0 Å². The van der Waals surface area contributed by atoms with Gasteiger partial charge in [0.15, 0.2) is 0 Å². The number of hydrogen-bond acceptors (Lipinski definition) is 1. The summed E-state index contributed by atoms with van der Waals surface area (Å²) in [6.07, 6.45) is 0.985. The summed E-state index contributed by atoms with van der Waals surface area (Å²) in [5.74, 6) is 3.24. The Morgan fingerprint density at radius 3 is 2.42 bits per heavy atom. The van der Waals surface area contributed by atoms with Crippen molar-refractivity contribution < 1.29 is 4.74 Å². The van der Waals surface area contributed by atoms with E-state index in [9.17, 15) is 0 Å². The van der Waals surface area contributed by atoms with Crippen LogP contribution in [0.5, 0.6) is 11.5 Å². The van der Waals surface area contributed by atoms with Crippen LogP contribution in [-0.2, 0) is 6.42 Å². The molecule has 0 radical (unpaired) electrons. The molecular weight excluding hydrogens is 232 g/mol. The summed E-state index contributed by atoms with van der Waals surface area (Å²) >= 11 is 0. The van der Waals surface area contributed by atoms with E-state index in [2.05, 4.69) is 57.2 Å². The van der Waals surface area contributed by atoms with Crippen molar-refractivity contribution in [2.75, 3.05) is 0 Å². The molecule has 0 aliphatic carbocycles. The van der Waals surface area contributed by atoms with Crippen molar-refractivity contribution in [1.29, 1.82) is 0 Å². The van der Waals surface area contributed by atoms with Crippen molar-refractivity contribution in [3.63, 3.8) is 0 Å². The first-order valence-electron chi connectivity index (χ1n) is 7.04. The summed E-state index contributed by atoms with van der Waals surface area (Å²) < 4.78 is 6.05. The maximum Gasteiger partial charge on any atom is 0.131 e. The zero-order valence-electron chi connectivity index (χ0n) is 11.8. The van der Waals surface area contributed by atoms with Crippen LogP contribution < -0.4 is 4.74 Å². The zero-order valence-corrected chi connectivity index (χ0v) is 11.8. The Kier molecular flexibility index (Phi) is 3.06. The van der Waals surface area contributed by atoms with Crippen molar-refractivity contribution in [2.45, 2.75) is 33.1 Å². The maximum absolute atomic E-state index is 6.05. The average molecular weight is 252 g/mol. The van der Waals surface area contributed by atoms with Gasteiger partial charge in [-0.1, -0.05) is 51.1 Å². The Hall–Kier alpha value is -1.76. The molecule has 1 atom stereocenters. The van der Waals surface area contributed by atoms with Crippen molar-refractivity contribution >= 4 is 0 Å². The normalized spacial score (nSPS) is 14.5. The quantitative estimate of drug-likeness (QED) is 0.613. The lowest BCUT2D eigenvalue weighted by molar-refractivity contribution is 0.453. The van der Waals surface area contributed by atoms with Gasteiger partial charge in [0.1, 0.15) is 11.5 Å². The summed E-state index contributed by atoms with van der Waals surface area (Å²) in [4.78, 5) is 0. The predicted molar refractivity (Wildman–Crippen MR) is 79.0 cm³/mol. The third kappa shape index (κ3) is 2.14. The van der Waals surface area contributed by atoms with Gasteiger partial charge in [-0.2, -0.15) is 0 Å². The molecule has 19 heavy (non-hydrogen) atoms. The Morgan fingerprint density at radius 2 is 1.63 bits per heavy atom. The van der Waals surface area contributed by atoms with E-state index < -0.39 is 0 Å². The van der Waals surface area contributed by atoms with Crippen LogP contribution >= 0.6 is 0 Å². The lowest BCUT2D eigenvalue weighted by atomic mass is 9.84. The summed E-state index contributed by atoms with van der Waals surface area (Å²) in [5, 5.41) is 0. The summed E-state index contributed by atoms with van der Waals surface area (Å²) in [7, 11) is 0. The van der Waals surface area contributed by atoms with Crippen LogP contribution in [0.15, 0.2) is 42.5 Å². The molecule has 98 valence electrons. The van der Waals surface area contributed by atoms with E-state index in [1.807, 2.05) is 6.07 Å². The van der Waals surface area contributed by atoms with Crippen molar-refractivity contribution in [1.82, 2.24) is 0 Å². The monoisotopic (exact) mass is 252 g/mol. The fourth-order valence-electron chi connectivity index (χ4n) is 2.71. The molecule has 0 amide bonds. The van der Waals surface area contributed by atoms with E-state index in [0.29, 0.717) is 11.8 Å². The highest BCUT2D eigenvalue weighted by molar-refractivity contribution is 5.53. The van der Waals surface area contributed by atoms with Crippen molar-refractivity contribution in [2.24, 2.45) is 5.92 Å². The van der Waals surface area contributed by atoms with Gasteiger partial charge in [0.05, 0.1) is 0 Å². The summed E-state index contributed by atoms with van der Waals surface area (Å²) in [5.41, 5.74) is 4.09. The molecule has 1 heteroatoms. The highest BCUT2D eigenvalue weighted by atomic mass is 16.5. The smallest absolute Gasteiger partial charge is 0.131 e. The molecule has 0 aromatic heterocycles. The first-order valence-corrected chi connectivity index (χ1v) is 7.04. The molecule has 0 saturated heterocycles. The number of fused-ring (bicyclic) bond motifs is 2. The Morgan fingerprint density at radius 1 is 0.895 bits per heavy atom. The van der Waals surface area contributed by atoms with Gasteiger partial charge in [-0.25, -0.2) is 0 Å². The van der Waals surface area contributed by atoms with Crippen molar-refractivity contribution in [3.8, 4) is 11.5 Å². The van der Waals surface area contributed by atoms with E-state index in [-0.39, 0.29) is 0 Å². The molecule has 0 fully saturated rings. The van der Waals surface area contributed by atoms with Gasteiger partial charge in [0.25, 0.3) is 0 Å². The molecule has 1 heterocycles. The molecule has 0 spiro atoms. The number of benzene rings is 2. The second-order valence-corrected chi connectivity index (χ2v) is 5.74. The first kappa shape index (κ1) is 12.3. The Balaban J connectivity index is 2.06. The second kappa shape index (κ2) is 4.73. The highest BCUT2D eigenvalue weighted by Crippen LogP contribution is 2.40. The molecule has 1 aliphatic heterocycles. The summed E-state index contributed by atoms with van der Waals surface area (Å²) in [6.45, 7) is 6.87. The van der Waals surface area contributed by atoms with Gasteiger partial charge in [-0.15, -0.1) is 0 Å². The molecule has 1 nitrogen and oxygen atoms in total. The molecular formula is C18H20O. The fraction of sp³-hybridized carbons (Fsp3) is 0.333. The maximum atomic E-state index is 6.05. The lowest BCUT2D eigenvalue weighted by Gasteiger charge is -2.26. The van der Waals surface area contributed by atoms with E-state index in [1.54, 1.807) is 0 Å². The second-order valence-electron chi connectivity index (χ2n) is 5.74. The highest BCUT2D eigenvalue weighted by Gasteiger charge is 2.22. The first-order chi connectivity index (χ1) is 9.16. The molecule has 0 N–H and O–H groups in total. The lowest BCUT2D eigenvalue weighted by Crippen LogP contribution is -2.10. The molecule has 2 aromatic carbocycles. The largest absolute Gasteiger partial charge is 0.457 e. The third-order valence-corrected chi connectivity index (χ3v) is 4.22. The van der Waals surface area contributed by atoms with Gasteiger partial charge in [0, 0.05) is 12.0 Å². The number of rotatable bonds is 2. The Bertz CT molecular complexity index is 598. The van der Waals surface area contributed by atoms with Crippen LogP contribution in [0.1, 0.15) is 43.4 Å². The number of para-hydroxylation sites is 1. The van der Waals surface area contributed by atoms with Crippen LogP contribution in [-0.4, -0.2) is 0 Å². The molecule has 0 bridgehead atoms. The van der Waals surface area contributed by atoms with Crippen LogP contribution in [0, 0.1) is 5.92 Å². The van der Waals surface area contributed by atoms with Gasteiger partial charge in [-0.3, -0.25) is 0 Å². The molecule has 0 saturated carbocycles. The van der Waals surface area contributed by atoms with Gasteiger partial charge in [-0.05, 0) is 35.1 Å². The molecule has 3 rings (SSSR count). The van der Waals surface area contributed by atoms with Gasteiger partial charge in [0.2, 0.25) is 0 Å². The minimum Gasteiger partial charge on any atom is -0.457 e. The van der Waals surface area contributed by atoms with E-state index in [1.165, 1.54) is 16.7 Å².